The van der Waals surface area contributed by atoms with E-state index >= 15 is 0 Å². The van der Waals surface area contributed by atoms with Gasteiger partial charge in [0.15, 0.2) is 0 Å². The van der Waals surface area contributed by atoms with Crippen molar-refractivity contribution in [3.63, 3.8) is 0 Å². The predicted octanol–water partition coefficient (Wildman–Crippen LogP) is 10.1. The standard InChI is InChI=1S/C56H30N4O10/c61-49-41-12-1-2-13-42(41)50(62)57(49)32-19-23-36(24-20-32)70-39-11-6-9-35(30-39)60-54(66)46-17-7-16-40(48(46)56(60)68)31-18-27-45-47(28-31)55(67)58(53(45)65)33-21-25-37(26-22-33)69-38-10-5-8-34(29-38)59-51(63)43-14-3-4-15-44(43)52(59)64/h1-30H. The number of carbonyl (C=O) groups excluding carboxylic acids is 8. The summed E-state index contributed by atoms with van der Waals surface area (Å²) in [4.78, 5) is 112. The van der Waals surface area contributed by atoms with Gasteiger partial charge >= 0.3 is 0 Å². The lowest BCUT2D eigenvalue weighted by atomic mass is 9.94. The van der Waals surface area contributed by atoms with Crippen molar-refractivity contribution in [2.75, 3.05) is 19.6 Å². The normalized spacial score (nSPS) is 14.7. The minimum Gasteiger partial charge on any atom is -0.457 e. The molecule has 334 valence electrons. The third-order valence-electron chi connectivity index (χ3n) is 12.5. The fraction of sp³-hybridized carbons (Fsp3) is 0. The van der Waals surface area contributed by atoms with Gasteiger partial charge in [0.2, 0.25) is 0 Å². The molecule has 0 aliphatic carbocycles. The van der Waals surface area contributed by atoms with Gasteiger partial charge in [-0.15, -0.1) is 0 Å². The van der Waals surface area contributed by atoms with E-state index in [0.717, 1.165) is 19.6 Å². The molecule has 0 radical (unpaired) electrons. The number of ether oxygens (including phenoxy) is 2. The highest BCUT2D eigenvalue weighted by molar-refractivity contribution is 6.38. The fourth-order valence-electron chi connectivity index (χ4n) is 9.22. The molecule has 12 rings (SSSR count). The van der Waals surface area contributed by atoms with Crippen molar-refractivity contribution in [3.8, 4) is 34.1 Å². The lowest BCUT2D eigenvalue weighted by Gasteiger charge is -2.16. The van der Waals surface area contributed by atoms with Crippen molar-refractivity contribution in [2.45, 2.75) is 0 Å². The van der Waals surface area contributed by atoms with E-state index in [1.165, 1.54) is 6.07 Å². The summed E-state index contributed by atoms with van der Waals surface area (Å²) in [5.74, 6) is -2.62. The van der Waals surface area contributed by atoms with Crippen LogP contribution < -0.4 is 29.1 Å². The van der Waals surface area contributed by atoms with Crippen LogP contribution in [0.15, 0.2) is 182 Å². The first kappa shape index (κ1) is 41.4. The number of imide groups is 4. The van der Waals surface area contributed by atoms with Gasteiger partial charge in [-0.3, -0.25) is 38.4 Å². The number of hydrogen-bond acceptors (Lipinski definition) is 10. The summed E-state index contributed by atoms with van der Waals surface area (Å²) >= 11 is 0. The molecule has 0 spiro atoms. The molecule has 14 heteroatoms. The van der Waals surface area contributed by atoms with E-state index in [0.29, 0.717) is 67.8 Å². The minimum atomic E-state index is -0.597. The van der Waals surface area contributed by atoms with Crippen molar-refractivity contribution >= 4 is 70.0 Å². The quantitative estimate of drug-likeness (QED) is 0.127. The summed E-state index contributed by atoms with van der Waals surface area (Å²) in [6.45, 7) is 0. The predicted molar refractivity (Wildman–Crippen MR) is 255 cm³/mol. The van der Waals surface area contributed by atoms with E-state index in [1.807, 2.05) is 0 Å². The first-order chi connectivity index (χ1) is 34.0. The second kappa shape index (κ2) is 15.8. The molecule has 8 aromatic carbocycles. The molecule has 0 fully saturated rings. The number of anilines is 4. The van der Waals surface area contributed by atoms with Gasteiger partial charge in [-0.05, 0) is 126 Å². The van der Waals surface area contributed by atoms with Crippen LogP contribution in [0.25, 0.3) is 11.1 Å². The van der Waals surface area contributed by atoms with Crippen LogP contribution in [0.5, 0.6) is 23.0 Å². The molecule has 0 unspecified atom stereocenters. The third-order valence-corrected chi connectivity index (χ3v) is 12.5. The van der Waals surface area contributed by atoms with Crippen LogP contribution in [0.4, 0.5) is 22.7 Å². The molecule has 0 bridgehead atoms. The number of nitrogens with zero attached hydrogens (tertiary/aromatic N) is 4. The summed E-state index contributed by atoms with van der Waals surface area (Å²) in [6, 6.07) is 48.5. The van der Waals surface area contributed by atoms with Crippen LogP contribution in [0.2, 0.25) is 0 Å². The molecule has 0 saturated heterocycles. The Kier molecular flexibility index (Phi) is 9.32. The Hall–Kier alpha value is -10.1. The van der Waals surface area contributed by atoms with Crippen molar-refractivity contribution in [1.29, 1.82) is 0 Å². The van der Waals surface area contributed by atoms with E-state index in [4.69, 9.17) is 9.47 Å². The average molecular weight is 919 g/mol. The Balaban J connectivity index is 0.747. The summed E-state index contributed by atoms with van der Waals surface area (Å²) in [5.41, 5.74) is 3.90. The Morgan fingerprint density at radius 1 is 0.243 bits per heavy atom. The lowest BCUT2D eigenvalue weighted by molar-refractivity contribution is 0.0910. The smallest absolute Gasteiger partial charge is 0.266 e. The Morgan fingerprint density at radius 2 is 0.600 bits per heavy atom. The van der Waals surface area contributed by atoms with E-state index in [9.17, 15) is 38.4 Å². The highest BCUT2D eigenvalue weighted by atomic mass is 16.5. The first-order valence-electron chi connectivity index (χ1n) is 21.8. The number of hydrogen-bond donors (Lipinski definition) is 0. The molecule has 0 saturated carbocycles. The van der Waals surface area contributed by atoms with Gasteiger partial charge in [0, 0.05) is 12.1 Å². The van der Waals surface area contributed by atoms with Gasteiger partial charge in [0.05, 0.1) is 67.3 Å². The number of fused-ring (bicyclic) bond motifs is 4. The van der Waals surface area contributed by atoms with Gasteiger partial charge in [-0.1, -0.05) is 54.6 Å². The zero-order valence-corrected chi connectivity index (χ0v) is 36.2. The average Bonchev–Trinajstić information content (AvgIpc) is 4.00. The minimum absolute atomic E-state index is 0.112. The van der Waals surface area contributed by atoms with E-state index in [-0.39, 0.29) is 33.6 Å². The molecule has 4 aliphatic rings. The number of rotatable bonds is 9. The largest absolute Gasteiger partial charge is 0.457 e. The molecule has 4 aliphatic heterocycles. The van der Waals surface area contributed by atoms with E-state index < -0.39 is 47.3 Å². The van der Waals surface area contributed by atoms with E-state index in [1.54, 1.807) is 176 Å². The molecule has 0 aromatic heterocycles. The van der Waals surface area contributed by atoms with Gasteiger partial charge < -0.3 is 9.47 Å². The highest BCUT2D eigenvalue weighted by Gasteiger charge is 2.42. The third kappa shape index (κ3) is 6.42. The highest BCUT2D eigenvalue weighted by Crippen LogP contribution is 2.40. The summed E-state index contributed by atoms with van der Waals surface area (Å²) in [6.07, 6.45) is 0. The zero-order valence-electron chi connectivity index (χ0n) is 36.2. The van der Waals surface area contributed by atoms with Gasteiger partial charge in [0.1, 0.15) is 23.0 Å². The maximum atomic E-state index is 14.3. The lowest BCUT2D eigenvalue weighted by Crippen LogP contribution is -2.29. The molecule has 8 amide bonds. The van der Waals surface area contributed by atoms with Crippen molar-refractivity contribution in [3.05, 3.63) is 226 Å². The Bertz CT molecular complexity index is 3630. The molecule has 4 heterocycles. The van der Waals surface area contributed by atoms with E-state index in [2.05, 4.69) is 0 Å². The zero-order chi connectivity index (χ0) is 47.9. The monoisotopic (exact) mass is 918 g/mol. The molecule has 0 N–H and O–H groups in total. The number of amides is 8. The van der Waals surface area contributed by atoms with Crippen molar-refractivity contribution in [1.82, 2.24) is 0 Å². The molecule has 0 atom stereocenters. The van der Waals surface area contributed by atoms with Gasteiger partial charge in [-0.2, -0.15) is 0 Å². The summed E-state index contributed by atoms with van der Waals surface area (Å²) in [7, 11) is 0. The second-order valence-electron chi connectivity index (χ2n) is 16.5. The number of benzene rings is 8. The second-order valence-corrected chi connectivity index (χ2v) is 16.5. The summed E-state index contributed by atoms with van der Waals surface area (Å²) in [5, 5.41) is 0. The fourth-order valence-corrected chi connectivity index (χ4v) is 9.22. The Labute approximate surface area is 396 Å². The topological polar surface area (TPSA) is 168 Å². The molecule has 14 nitrogen and oxygen atoms in total. The molecular weight excluding hydrogens is 889 g/mol. The molecular formula is C56H30N4O10. The van der Waals surface area contributed by atoms with Crippen LogP contribution in [0, 0.1) is 0 Å². The van der Waals surface area contributed by atoms with Crippen LogP contribution >= 0.6 is 0 Å². The Morgan fingerprint density at radius 3 is 1.07 bits per heavy atom. The van der Waals surface area contributed by atoms with Gasteiger partial charge in [0.25, 0.3) is 47.3 Å². The van der Waals surface area contributed by atoms with Crippen LogP contribution in [0.3, 0.4) is 0 Å². The molecule has 70 heavy (non-hydrogen) atoms. The van der Waals surface area contributed by atoms with Gasteiger partial charge in [-0.25, -0.2) is 19.6 Å². The first-order valence-corrected chi connectivity index (χ1v) is 21.8. The van der Waals surface area contributed by atoms with Crippen LogP contribution in [0.1, 0.15) is 82.9 Å². The van der Waals surface area contributed by atoms with Crippen molar-refractivity contribution < 1.29 is 47.8 Å². The maximum Gasteiger partial charge on any atom is 0.266 e. The molecule has 8 aromatic rings. The SMILES string of the molecule is O=C1c2ccccc2C(=O)N1c1ccc(Oc2cccc(N3C(=O)c4cccc(-c5ccc6c(c5)C(=O)N(c5ccc(Oc7cccc(N8C(=O)c9ccccc9C8=O)c7)cc5)C6=O)c4C3=O)c2)cc1. The van der Waals surface area contributed by atoms with Crippen LogP contribution in [-0.2, 0) is 0 Å². The maximum absolute atomic E-state index is 14.3. The summed E-state index contributed by atoms with van der Waals surface area (Å²) < 4.78 is 12.1. The van der Waals surface area contributed by atoms with Crippen molar-refractivity contribution in [2.24, 2.45) is 0 Å². The van der Waals surface area contributed by atoms with Crippen LogP contribution in [-0.4, -0.2) is 47.3 Å². The number of carbonyl (C=O) groups is 8.